The van der Waals surface area contributed by atoms with Crippen LogP contribution in [0, 0.1) is 0 Å². The van der Waals surface area contributed by atoms with Crippen molar-refractivity contribution in [1.82, 2.24) is 19.9 Å². The van der Waals surface area contributed by atoms with E-state index in [1.807, 2.05) is 12.1 Å². The van der Waals surface area contributed by atoms with Crippen LogP contribution in [0.25, 0.3) is 0 Å². The second kappa shape index (κ2) is 11.7. The van der Waals surface area contributed by atoms with Gasteiger partial charge in [0.15, 0.2) is 5.76 Å². The monoisotopic (exact) mass is 530 g/mol. The lowest BCUT2D eigenvalue weighted by molar-refractivity contribution is -0.124. The van der Waals surface area contributed by atoms with Crippen molar-refractivity contribution in [3.63, 3.8) is 0 Å². The molecular formula is C25H27ClN4O5S. The van der Waals surface area contributed by atoms with Crippen molar-refractivity contribution in [2.45, 2.75) is 43.2 Å². The summed E-state index contributed by atoms with van der Waals surface area (Å²) in [6, 6.07) is 11.7. The number of halogens is 1. The number of benzene rings is 1. The fourth-order valence-electron chi connectivity index (χ4n) is 3.99. The van der Waals surface area contributed by atoms with Crippen molar-refractivity contribution < 1.29 is 22.4 Å². The first-order chi connectivity index (χ1) is 17.3. The van der Waals surface area contributed by atoms with Gasteiger partial charge in [0.2, 0.25) is 15.9 Å². The minimum atomic E-state index is -4.07. The summed E-state index contributed by atoms with van der Waals surface area (Å²) in [5.41, 5.74) is 0.989. The van der Waals surface area contributed by atoms with Crippen LogP contribution in [-0.4, -0.2) is 48.7 Å². The van der Waals surface area contributed by atoms with Gasteiger partial charge in [0.25, 0.3) is 5.91 Å². The van der Waals surface area contributed by atoms with E-state index in [0.29, 0.717) is 37.4 Å². The molecule has 1 aliphatic rings. The molecule has 190 valence electrons. The van der Waals surface area contributed by atoms with Gasteiger partial charge in [0.1, 0.15) is 11.8 Å². The molecule has 4 rings (SSSR count). The number of nitrogens with one attached hydrogen (secondary N) is 2. The van der Waals surface area contributed by atoms with Gasteiger partial charge in [-0.05, 0) is 73.7 Å². The largest absolute Gasteiger partial charge is 0.455 e. The van der Waals surface area contributed by atoms with Gasteiger partial charge in [-0.3, -0.25) is 14.6 Å². The number of pyridine rings is 1. The molecule has 1 aromatic carbocycles. The maximum Gasteiger partial charge on any atom is 0.287 e. The maximum absolute atomic E-state index is 13.6. The quantitative estimate of drug-likeness (QED) is 0.438. The van der Waals surface area contributed by atoms with Crippen LogP contribution in [-0.2, 0) is 27.8 Å². The second-order valence-electron chi connectivity index (χ2n) is 8.44. The lowest BCUT2D eigenvalue weighted by atomic mass is 10.1. The van der Waals surface area contributed by atoms with E-state index in [2.05, 4.69) is 15.6 Å². The van der Waals surface area contributed by atoms with Crippen molar-refractivity contribution in [2.75, 3.05) is 13.1 Å². The van der Waals surface area contributed by atoms with Gasteiger partial charge in [-0.15, -0.1) is 0 Å². The Hall–Kier alpha value is -3.21. The third-order valence-corrected chi connectivity index (χ3v) is 8.01. The smallest absolute Gasteiger partial charge is 0.287 e. The lowest BCUT2D eigenvalue weighted by Crippen LogP contribution is -2.48. The van der Waals surface area contributed by atoms with Crippen LogP contribution in [0.15, 0.2) is 70.2 Å². The van der Waals surface area contributed by atoms with Gasteiger partial charge in [-0.1, -0.05) is 17.7 Å². The molecule has 2 aromatic heterocycles. The van der Waals surface area contributed by atoms with E-state index >= 15 is 0 Å². The highest BCUT2D eigenvalue weighted by Gasteiger charge is 2.37. The van der Waals surface area contributed by atoms with Crippen molar-refractivity contribution in [2.24, 2.45) is 0 Å². The maximum atomic E-state index is 13.6. The zero-order chi connectivity index (χ0) is 25.5. The summed E-state index contributed by atoms with van der Waals surface area (Å²) in [6.45, 7) is 0.681. The van der Waals surface area contributed by atoms with E-state index in [4.69, 9.17) is 16.0 Å². The molecule has 1 saturated heterocycles. The van der Waals surface area contributed by atoms with Gasteiger partial charge in [-0.2, -0.15) is 4.31 Å². The molecule has 9 nitrogen and oxygen atoms in total. The molecule has 3 heterocycles. The first-order valence-electron chi connectivity index (χ1n) is 11.7. The number of rotatable bonds is 9. The summed E-state index contributed by atoms with van der Waals surface area (Å²) >= 11 is 5.94. The van der Waals surface area contributed by atoms with Crippen LogP contribution in [0.5, 0.6) is 0 Å². The lowest BCUT2D eigenvalue weighted by Gasteiger charge is -2.28. The highest BCUT2D eigenvalue weighted by molar-refractivity contribution is 7.89. The molecule has 36 heavy (non-hydrogen) atoms. The minimum Gasteiger partial charge on any atom is -0.455 e. The van der Waals surface area contributed by atoms with Crippen molar-refractivity contribution in [3.8, 4) is 0 Å². The Kier molecular flexibility index (Phi) is 8.40. The Bertz CT molecular complexity index is 1300. The number of sulfonamides is 1. The van der Waals surface area contributed by atoms with Gasteiger partial charge in [0, 0.05) is 30.5 Å². The first kappa shape index (κ1) is 25.9. The van der Waals surface area contributed by atoms with E-state index in [9.17, 15) is 18.0 Å². The van der Waals surface area contributed by atoms with E-state index in [-0.39, 0.29) is 28.9 Å². The van der Waals surface area contributed by atoms with Crippen LogP contribution in [0.1, 0.15) is 41.1 Å². The summed E-state index contributed by atoms with van der Waals surface area (Å²) in [7, 11) is -4.07. The van der Waals surface area contributed by atoms with Crippen LogP contribution in [0.2, 0.25) is 5.02 Å². The number of aromatic nitrogens is 1. The molecule has 0 radical (unpaired) electrons. The second-order valence-corrected chi connectivity index (χ2v) is 10.8. The van der Waals surface area contributed by atoms with Gasteiger partial charge in [-0.25, -0.2) is 8.42 Å². The highest BCUT2D eigenvalue weighted by Crippen LogP contribution is 2.26. The number of nitrogens with zero attached hydrogens (tertiary/aromatic N) is 2. The Morgan fingerprint density at radius 3 is 2.72 bits per heavy atom. The van der Waals surface area contributed by atoms with Crippen molar-refractivity contribution in [1.29, 1.82) is 0 Å². The molecule has 0 bridgehead atoms. The summed E-state index contributed by atoms with van der Waals surface area (Å²) in [5, 5.41) is 5.97. The Labute approximate surface area is 214 Å². The zero-order valence-electron chi connectivity index (χ0n) is 19.5. The fourth-order valence-corrected chi connectivity index (χ4v) is 5.70. The molecule has 1 atom stereocenters. The molecule has 1 fully saturated rings. The normalized spacial score (nSPS) is 16.4. The third-order valence-electron chi connectivity index (χ3n) is 5.89. The molecule has 0 unspecified atom stereocenters. The molecule has 11 heteroatoms. The van der Waals surface area contributed by atoms with Crippen molar-refractivity contribution >= 4 is 33.4 Å². The number of furan rings is 1. The number of carbonyl (C=O) groups is 2. The topological polar surface area (TPSA) is 122 Å². The number of hydrogen-bond donors (Lipinski definition) is 2. The predicted molar refractivity (Wildman–Crippen MR) is 134 cm³/mol. The minimum absolute atomic E-state index is 0.0175. The highest BCUT2D eigenvalue weighted by atomic mass is 35.5. The standard InChI is InChI=1S/C25H27ClN4O5S/c26-19-6-9-21(10-7-19)36(33,34)30(22-5-1-2-14-28-24(22)31)17-20-8-11-23(35-20)25(32)29-15-12-18-4-3-13-27-16-18/h3-4,6-11,13,16,22H,1-2,5,12,14-15,17H2,(H,28,31)(H,29,32)/t22-/m1/s1. The Morgan fingerprint density at radius 2 is 1.97 bits per heavy atom. The molecule has 0 spiro atoms. The Morgan fingerprint density at radius 1 is 1.17 bits per heavy atom. The molecular weight excluding hydrogens is 504 g/mol. The molecule has 2 N–H and O–H groups in total. The van der Waals surface area contributed by atoms with Gasteiger partial charge >= 0.3 is 0 Å². The predicted octanol–water partition coefficient (Wildman–Crippen LogP) is 3.16. The zero-order valence-corrected chi connectivity index (χ0v) is 21.1. The molecule has 0 aliphatic carbocycles. The SMILES string of the molecule is O=C(NCCc1cccnc1)c1ccc(CN([C@@H]2CCCCNC2=O)S(=O)(=O)c2ccc(Cl)cc2)o1. The summed E-state index contributed by atoms with van der Waals surface area (Å²) in [4.78, 5) is 29.4. The van der Waals surface area contributed by atoms with E-state index in [1.54, 1.807) is 18.5 Å². The van der Waals surface area contributed by atoms with E-state index < -0.39 is 22.0 Å². The Balaban J connectivity index is 1.51. The molecule has 0 saturated carbocycles. The average Bonchev–Trinajstić information content (AvgIpc) is 3.25. The van der Waals surface area contributed by atoms with Gasteiger partial charge in [0.05, 0.1) is 11.4 Å². The number of hydrogen-bond acceptors (Lipinski definition) is 6. The molecule has 1 aliphatic heterocycles. The van der Waals surface area contributed by atoms with Crippen LogP contribution in [0.4, 0.5) is 0 Å². The van der Waals surface area contributed by atoms with Crippen LogP contribution in [0.3, 0.4) is 0 Å². The molecule has 2 amide bonds. The van der Waals surface area contributed by atoms with E-state index in [1.165, 1.54) is 30.3 Å². The average molecular weight is 531 g/mol. The fraction of sp³-hybridized carbons (Fsp3) is 0.320. The number of carbonyl (C=O) groups excluding carboxylic acids is 2. The summed E-state index contributed by atoms with van der Waals surface area (Å²) in [5.74, 6) is -0.457. The summed E-state index contributed by atoms with van der Waals surface area (Å²) in [6.07, 6.45) is 5.86. The van der Waals surface area contributed by atoms with E-state index in [0.717, 1.165) is 16.3 Å². The first-order valence-corrected chi connectivity index (χ1v) is 13.5. The van der Waals surface area contributed by atoms with Crippen LogP contribution >= 0.6 is 11.6 Å². The number of amides is 2. The van der Waals surface area contributed by atoms with Gasteiger partial charge < -0.3 is 15.1 Å². The van der Waals surface area contributed by atoms with Crippen molar-refractivity contribution in [3.05, 3.63) is 83.0 Å². The van der Waals surface area contributed by atoms with Crippen LogP contribution < -0.4 is 10.6 Å². The third kappa shape index (κ3) is 6.31. The molecule has 3 aromatic rings. The summed E-state index contributed by atoms with van der Waals surface area (Å²) < 4.78 is 34.0.